The molecule has 0 aromatic rings. The van der Waals surface area contributed by atoms with Crippen LogP contribution in [0.1, 0.15) is 13.8 Å². The summed E-state index contributed by atoms with van der Waals surface area (Å²) in [6.45, 7) is 10.8. The number of nitrogens with one attached hydrogen (secondary N) is 1. The Bertz CT molecular complexity index is 221. The van der Waals surface area contributed by atoms with Crippen molar-refractivity contribution < 1.29 is 9.53 Å². The topological polar surface area (TPSA) is 41.6 Å². The lowest BCUT2D eigenvalue weighted by Crippen LogP contribution is -2.51. The molecule has 0 radical (unpaired) electrons. The minimum atomic E-state index is -0.108. The fraction of sp³-hybridized carbons (Fsp3) is 0.727. The Labute approximate surface area is 91.3 Å². The van der Waals surface area contributed by atoms with Crippen molar-refractivity contribution in [3.8, 4) is 0 Å². The number of rotatable bonds is 4. The predicted molar refractivity (Wildman–Crippen MR) is 59.7 cm³/mol. The van der Waals surface area contributed by atoms with E-state index in [1.54, 1.807) is 0 Å². The van der Waals surface area contributed by atoms with Gasteiger partial charge in [-0.1, -0.05) is 6.58 Å². The van der Waals surface area contributed by atoms with Gasteiger partial charge in [0, 0.05) is 25.2 Å². The molecular formula is C11H20N2O2. The van der Waals surface area contributed by atoms with E-state index in [9.17, 15) is 4.79 Å². The van der Waals surface area contributed by atoms with Crippen LogP contribution in [0.25, 0.3) is 0 Å². The lowest BCUT2D eigenvalue weighted by Gasteiger charge is -2.38. The highest BCUT2D eigenvalue weighted by Gasteiger charge is 2.24. The zero-order chi connectivity index (χ0) is 11.3. The Hall–Kier alpha value is -0.870. The highest BCUT2D eigenvalue weighted by molar-refractivity contribution is 5.86. The van der Waals surface area contributed by atoms with Crippen LogP contribution in [-0.4, -0.2) is 49.2 Å². The standard InChI is InChI=1S/C11H20N2O2/c1-4-11(14)12-5-6-13-9(2)7-15-8-10(13)3/h4,9-10H,1,5-8H2,2-3H3,(H,12,14). The first-order valence-corrected chi connectivity index (χ1v) is 5.39. The Morgan fingerprint density at radius 3 is 2.67 bits per heavy atom. The summed E-state index contributed by atoms with van der Waals surface area (Å²) in [5.74, 6) is -0.108. The zero-order valence-corrected chi connectivity index (χ0v) is 9.53. The average Bonchev–Trinajstić information content (AvgIpc) is 2.22. The van der Waals surface area contributed by atoms with E-state index in [4.69, 9.17) is 4.74 Å². The molecule has 0 aliphatic carbocycles. The lowest BCUT2D eigenvalue weighted by atomic mass is 10.2. The van der Waals surface area contributed by atoms with Crippen molar-refractivity contribution in [2.24, 2.45) is 0 Å². The third kappa shape index (κ3) is 3.64. The molecule has 1 aliphatic heterocycles. The highest BCUT2D eigenvalue weighted by Crippen LogP contribution is 2.11. The van der Waals surface area contributed by atoms with Gasteiger partial charge in [0.25, 0.3) is 0 Å². The van der Waals surface area contributed by atoms with E-state index in [1.165, 1.54) is 6.08 Å². The molecule has 1 aliphatic rings. The Balaban J connectivity index is 2.29. The second-order valence-electron chi connectivity index (χ2n) is 3.97. The van der Waals surface area contributed by atoms with Gasteiger partial charge in [-0.2, -0.15) is 0 Å². The fourth-order valence-electron chi connectivity index (χ4n) is 1.86. The molecule has 4 heteroatoms. The monoisotopic (exact) mass is 212 g/mol. The second-order valence-corrected chi connectivity index (χ2v) is 3.97. The van der Waals surface area contributed by atoms with Crippen LogP contribution in [0.2, 0.25) is 0 Å². The maximum absolute atomic E-state index is 10.9. The van der Waals surface area contributed by atoms with Crippen LogP contribution in [-0.2, 0) is 9.53 Å². The van der Waals surface area contributed by atoms with Gasteiger partial charge in [0.05, 0.1) is 13.2 Å². The van der Waals surface area contributed by atoms with E-state index in [-0.39, 0.29) is 5.91 Å². The first-order valence-electron chi connectivity index (χ1n) is 5.39. The molecule has 1 rings (SSSR count). The van der Waals surface area contributed by atoms with E-state index in [1.807, 2.05) is 0 Å². The van der Waals surface area contributed by atoms with Gasteiger partial charge in [0.15, 0.2) is 0 Å². The van der Waals surface area contributed by atoms with E-state index in [0.29, 0.717) is 18.6 Å². The average molecular weight is 212 g/mol. The van der Waals surface area contributed by atoms with Gasteiger partial charge < -0.3 is 10.1 Å². The molecule has 0 bridgehead atoms. The normalized spacial score (nSPS) is 27.3. The number of hydrogen-bond acceptors (Lipinski definition) is 3. The minimum absolute atomic E-state index is 0.108. The summed E-state index contributed by atoms with van der Waals surface area (Å²) < 4.78 is 5.43. The molecule has 0 aromatic carbocycles. The van der Waals surface area contributed by atoms with Crippen molar-refractivity contribution in [3.63, 3.8) is 0 Å². The van der Waals surface area contributed by atoms with Crippen LogP contribution in [0.3, 0.4) is 0 Å². The van der Waals surface area contributed by atoms with Gasteiger partial charge in [-0.3, -0.25) is 9.69 Å². The summed E-state index contributed by atoms with van der Waals surface area (Å²) in [5.41, 5.74) is 0. The minimum Gasteiger partial charge on any atom is -0.378 e. The predicted octanol–water partition coefficient (Wildman–Crippen LogP) is 0.398. The summed E-state index contributed by atoms with van der Waals surface area (Å²) in [6, 6.07) is 0.851. The van der Waals surface area contributed by atoms with Gasteiger partial charge in [-0.25, -0.2) is 0 Å². The summed E-state index contributed by atoms with van der Waals surface area (Å²) in [5, 5.41) is 2.78. The van der Waals surface area contributed by atoms with Crippen molar-refractivity contribution in [1.29, 1.82) is 0 Å². The third-order valence-electron chi connectivity index (χ3n) is 2.71. The van der Waals surface area contributed by atoms with E-state index >= 15 is 0 Å². The molecule has 0 spiro atoms. The maximum atomic E-state index is 10.9. The molecule has 86 valence electrons. The van der Waals surface area contributed by atoms with Crippen LogP contribution in [0.5, 0.6) is 0 Å². The quantitative estimate of drug-likeness (QED) is 0.686. The Morgan fingerprint density at radius 2 is 2.13 bits per heavy atom. The number of nitrogens with zero attached hydrogens (tertiary/aromatic N) is 1. The molecule has 15 heavy (non-hydrogen) atoms. The first-order chi connectivity index (χ1) is 7.15. The van der Waals surface area contributed by atoms with Crippen molar-refractivity contribution in [1.82, 2.24) is 10.2 Å². The van der Waals surface area contributed by atoms with Crippen LogP contribution < -0.4 is 5.32 Å². The summed E-state index contributed by atoms with van der Waals surface area (Å²) in [6.07, 6.45) is 1.30. The van der Waals surface area contributed by atoms with Gasteiger partial charge in [0.2, 0.25) is 5.91 Å². The zero-order valence-electron chi connectivity index (χ0n) is 9.53. The number of morpholine rings is 1. The maximum Gasteiger partial charge on any atom is 0.243 e. The Kier molecular flexibility index (Phi) is 4.78. The van der Waals surface area contributed by atoms with Crippen LogP contribution in [0, 0.1) is 0 Å². The molecule has 2 unspecified atom stereocenters. The molecule has 1 heterocycles. The van der Waals surface area contributed by atoms with Gasteiger partial charge in [-0.05, 0) is 19.9 Å². The molecule has 2 atom stereocenters. The van der Waals surface area contributed by atoms with Crippen molar-refractivity contribution in [2.45, 2.75) is 25.9 Å². The summed E-state index contributed by atoms with van der Waals surface area (Å²) in [7, 11) is 0. The van der Waals surface area contributed by atoms with Gasteiger partial charge in [-0.15, -0.1) is 0 Å². The molecular weight excluding hydrogens is 192 g/mol. The molecule has 1 N–H and O–H groups in total. The number of ether oxygens (including phenoxy) is 1. The molecule has 1 saturated heterocycles. The first kappa shape index (κ1) is 12.2. The highest BCUT2D eigenvalue weighted by atomic mass is 16.5. The van der Waals surface area contributed by atoms with Gasteiger partial charge >= 0.3 is 0 Å². The van der Waals surface area contributed by atoms with E-state index < -0.39 is 0 Å². The van der Waals surface area contributed by atoms with Crippen LogP contribution >= 0.6 is 0 Å². The van der Waals surface area contributed by atoms with E-state index in [2.05, 4.69) is 30.6 Å². The van der Waals surface area contributed by atoms with E-state index in [0.717, 1.165) is 19.8 Å². The fourth-order valence-corrected chi connectivity index (χ4v) is 1.86. The van der Waals surface area contributed by atoms with Crippen molar-refractivity contribution in [3.05, 3.63) is 12.7 Å². The summed E-state index contributed by atoms with van der Waals surface area (Å²) >= 11 is 0. The van der Waals surface area contributed by atoms with Gasteiger partial charge in [0.1, 0.15) is 0 Å². The summed E-state index contributed by atoms with van der Waals surface area (Å²) in [4.78, 5) is 13.3. The largest absolute Gasteiger partial charge is 0.378 e. The molecule has 4 nitrogen and oxygen atoms in total. The number of carbonyl (C=O) groups is 1. The number of carbonyl (C=O) groups excluding carboxylic acids is 1. The van der Waals surface area contributed by atoms with Crippen molar-refractivity contribution in [2.75, 3.05) is 26.3 Å². The van der Waals surface area contributed by atoms with Crippen LogP contribution in [0.15, 0.2) is 12.7 Å². The molecule has 0 saturated carbocycles. The smallest absolute Gasteiger partial charge is 0.243 e. The lowest BCUT2D eigenvalue weighted by molar-refractivity contribution is -0.116. The second kappa shape index (κ2) is 5.88. The van der Waals surface area contributed by atoms with Crippen molar-refractivity contribution >= 4 is 5.91 Å². The number of hydrogen-bond donors (Lipinski definition) is 1. The Morgan fingerprint density at radius 1 is 1.53 bits per heavy atom. The molecule has 1 fully saturated rings. The number of amides is 1. The van der Waals surface area contributed by atoms with Crippen LogP contribution in [0.4, 0.5) is 0 Å². The third-order valence-corrected chi connectivity index (χ3v) is 2.71. The molecule has 0 aromatic heterocycles. The SMILES string of the molecule is C=CC(=O)NCCN1C(C)COCC1C. The molecule has 1 amide bonds.